The lowest BCUT2D eigenvalue weighted by Crippen LogP contribution is -2.39. The largest absolute Gasteiger partial charge is 0.481 e. The summed E-state index contributed by atoms with van der Waals surface area (Å²) in [6, 6.07) is 20.7. The van der Waals surface area contributed by atoms with Gasteiger partial charge in [-0.25, -0.2) is 14.5 Å². The Labute approximate surface area is 263 Å². The van der Waals surface area contributed by atoms with Crippen LogP contribution in [0.5, 0.6) is 5.88 Å². The number of halogens is 1. The lowest BCUT2D eigenvalue weighted by atomic mass is 9.89. The van der Waals surface area contributed by atoms with Gasteiger partial charge in [-0.15, -0.1) is 0 Å². The maximum Gasteiger partial charge on any atom is 0.324 e. The van der Waals surface area contributed by atoms with Gasteiger partial charge in [-0.2, -0.15) is 5.10 Å². The number of urea groups is 1. The molecule has 2 aromatic heterocycles. The van der Waals surface area contributed by atoms with Gasteiger partial charge in [-0.3, -0.25) is 10.1 Å². The van der Waals surface area contributed by atoms with Gasteiger partial charge in [-0.1, -0.05) is 68.3 Å². The first kappa shape index (κ1) is 31.1. The summed E-state index contributed by atoms with van der Waals surface area (Å²) < 4.78 is 6.94. The predicted octanol–water partition coefficient (Wildman–Crippen LogP) is 7.27. The molecule has 2 aromatic carbocycles. The zero-order valence-electron chi connectivity index (χ0n) is 25.9. The first-order valence-electron chi connectivity index (χ1n) is 14.8. The number of para-hydroxylation sites is 1. The van der Waals surface area contributed by atoms with E-state index in [1.165, 1.54) is 7.11 Å². The van der Waals surface area contributed by atoms with Crippen LogP contribution in [0.3, 0.4) is 0 Å². The molecule has 1 saturated heterocycles. The number of piperidine rings is 1. The molecule has 0 unspecified atom stereocenters. The summed E-state index contributed by atoms with van der Waals surface area (Å²) in [6.45, 7) is 9.61. The van der Waals surface area contributed by atoms with E-state index < -0.39 is 0 Å². The number of hydrogen-bond acceptors (Lipinski definition) is 5. The summed E-state index contributed by atoms with van der Waals surface area (Å²) in [5, 5.41) is 11.1. The van der Waals surface area contributed by atoms with Crippen LogP contribution in [-0.4, -0.2) is 51.8 Å². The molecule has 4 aromatic rings. The van der Waals surface area contributed by atoms with Gasteiger partial charge in [0, 0.05) is 41.9 Å². The molecule has 0 saturated carbocycles. The van der Waals surface area contributed by atoms with Crippen LogP contribution < -0.4 is 15.4 Å². The number of nitrogens with zero attached hydrogens (tertiary/aromatic N) is 4. The van der Waals surface area contributed by atoms with Crippen molar-refractivity contribution in [2.24, 2.45) is 5.92 Å². The van der Waals surface area contributed by atoms with Crippen molar-refractivity contribution in [3.63, 3.8) is 0 Å². The second-order valence-electron chi connectivity index (χ2n) is 12.3. The summed E-state index contributed by atoms with van der Waals surface area (Å²) >= 11 is 6.08. The Bertz CT molecular complexity index is 1640. The number of aromatic nitrogens is 3. The van der Waals surface area contributed by atoms with Crippen molar-refractivity contribution in [2.75, 3.05) is 30.8 Å². The lowest BCUT2D eigenvalue weighted by molar-refractivity contribution is 0.0690. The third-order valence-corrected chi connectivity index (χ3v) is 8.09. The van der Waals surface area contributed by atoms with Crippen molar-refractivity contribution in [3.05, 3.63) is 94.3 Å². The average Bonchev–Trinajstić information content (AvgIpc) is 3.42. The summed E-state index contributed by atoms with van der Waals surface area (Å²) in [4.78, 5) is 32.3. The number of carbonyl (C=O) groups excluding carboxylic acids is 2. The fourth-order valence-corrected chi connectivity index (χ4v) is 5.55. The number of benzene rings is 2. The quantitative estimate of drug-likeness (QED) is 0.213. The van der Waals surface area contributed by atoms with E-state index in [-0.39, 0.29) is 22.5 Å². The minimum atomic E-state index is -0.335. The van der Waals surface area contributed by atoms with Gasteiger partial charge in [0.05, 0.1) is 18.5 Å². The smallest absolute Gasteiger partial charge is 0.324 e. The van der Waals surface area contributed by atoms with Gasteiger partial charge in [0.2, 0.25) is 5.88 Å². The molecule has 230 valence electrons. The Hall–Kier alpha value is -4.37. The van der Waals surface area contributed by atoms with Crippen molar-refractivity contribution < 1.29 is 14.3 Å². The van der Waals surface area contributed by atoms with E-state index in [1.54, 1.807) is 16.8 Å². The minimum absolute atomic E-state index is 0.0794. The van der Waals surface area contributed by atoms with Gasteiger partial charge < -0.3 is 15.0 Å². The second kappa shape index (κ2) is 13.1. The number of aryl methyl sites for hydroxylation is 1. The third kappa shape index (κ3) is 7.39. The van der Waals surface area contributed by atoms with Crippen LogP contribution in [0.2, 0.25) is 5.15 Å². The normalized spacial score (nSPS) is 13.9. The first-order chi connectivity index (χ1) is 21.0. The maximum absolute atomic E-state index is 13.3. The van der Waals surface area contributed by atoms with Crippen LogP contribution in [0.25, 0.3) is 5.69 Å². The molecule has 44 heavy (non-hydrogen) atoms. The molecule has 10 heteroatoms. The lowest BCUT2D eigenvalue weighted by Gasteiger charge is -2.32. The zero-order valence-corrected chi connectivity index (χ0v) is 26.6. The number of ether oxygens (including phenoxy) is 1. The van der Waals surface area contributed by atoms with Crippen molar-refractivity contribution in [2.45, 2.75) is 52.4 Å². The van der Waals surface area contributed by atoms with E-state index in [2.05, 4.69) is 36.4 Å². The molecule has 0 spiro atoms. The Morgan fingerprint density at radius 2 is 1.70 bits per heavy atom. The van der Waals surface area contributed by atoms with Crippen LogP contribution in [0.4, 0.5) is 16.3 Å². The molecular weight excluding hydrogens is 576 g/mol. The van der Waals surface area contributed by atoms with E-state index in [0.717, 1.165) is 47.5 Å². The number of hydrogen-bond donors (Lipinski definition) is 2. The standard InChI is InChI=1S/C34H39ClN6O3/c1-22-10-12-26(13-11-22)41-30(21-28(39-41)34(2,3)4)38-33(43)36-27-9-7-6-8-24(27)18-23-14-16-40(17-15-23)32(42)25-19-29(35)37-31(20-25)44-5/h6-13,19-21,23H,14-18H2,1-5H3,(H2,36,38,43). The van der Waals surface area contributed by atoms with E-state index in [0.29, 0.717) is 36.3 Å². The number of methoxy groups -OCH3 is 1. The molecule has 3 heterocycles. The fourth-order valence-electron chi connectivity index (χ4n) is 5.34. The highest BCUT2D eigenvalue weighted by Crippen LogP contribution is 2.29. The minimum Gasteiger partial charge on any atom is -0.481 e. The fraction of sp³-hybridized carbons (Fsp3) is 0.353. The van der Waals surface area contributed by atoms with Gasteiger partial charge >= 0.3 is 6.03 Å². The van der Waals surface area contributed by atoms with E-state index in [9.17, 15) is 9.59 Å². The Morgan fingerprint density at radius 1 is 1.00 bits per heavy atom. The van der Waals surface area contributed by atoms with Gasteiger partial charge in [-0.05, 0) is 61.9 Å². The number of likely N-dealkylation sites (tertiary alicyclic amines) is 1. The van der Waals surface area contributed by atoms with Crippen LogP contribution >= 0.6 is 11.6 Å². The van der Waals surface area contributed by atoms with Crippen LogP contribution in [-0.2, 0) is 11.8 Å². The van der Waals surface area contributed by atoms with Gasteiger partial charge in [0.25, 0.3) is 5.91 Å². The highest BCUT2D eigenvalue weighted by atomic mass is 35.5. The summed E-state index contributed by atoms with van der Waals surface area (Å²) in [7, 11) is 1.50. The molecule has 1 aliphatic rings. The predicted molar refractivity (Wildman–Crippen MR) is 174 cm³/mol. The molecule has 5 rings (SSSR count). The number of rotatable bonds is 7. The molecule has 0 radical (unpaired) electrons. The number of nitrogens with one attached hydrogen (secondary N) is 2. The Kier molecular flexibility index (Phi) is 9.25. The molecular formula is C34H39ClN6O3. The Balaban J connectivity index is 1.24. The number of amides is 3. The first-order valence-corrected chi connectivity index (χ1v) is 15.2. The van der Waals surface area contributed by atoms with E-state index in [1.807, 2.05) is 66.4 Å². The van der Waals surface area contributed by atoms with Crippen LogP contribution in [0, 0.1) is 12.8 Å². The van der Waals surface area contributed by atoms with Crippen molar-refractivity contribution in [1.29, 1.82) is 0 Å². The monoisotopic (exact) mass is 614 g/mol. The van der Waals surface area contributed by atoms with Crippen molar-refractivity contribution in [3.8, 4) is 11.6 Å². The molecule has 2 N–H and O–H groups in total. The SMILES string of the molecule is COc1cc(C(=O)N2CCC(Cc3ccccc3NC(=O)Nc3cc(C(C)(C)C)nn3-c3ccc(C)cc3)CC2)cc(Cl)n1. The number of carbonyl (C=O) groups is 2. The summed E-state index contributed by atoms with van der Waals surface area (Å²) in [5.41, 5.74) is 5.01. The number of anilines is 2. The second-order valence-corrected chi connectivity index (χ2v) is 12.7. The molecule has 1 fully saturated rings. The molecule has 0 bridgehead atoms. The topological polar surface area (TPSA) is 101 Å². The maximum atomic E-state index is 13.3. The highest BCUT2D eigenvalue weighted by molar-refractivity contribution is 6.29. The molecule has 1 aliphatic heterocycles. The highest BCUT2D eigenvalue weighted by Gasteiger charge is 2.26. The van der Waals surface area contributed by atoms with Crippen LogP contribution in [0.1, 0.15) is 60.8 Å². The summed E-state index contributed by atoms with van der Waals surface area (Å²) in [5.74, 6) is 1.21. The van der Waals surface area contributed by atoms with E-state index >= 15 is 0 Å². The zero-order chi connectivity index (χ0) is 31.4. The Morgan fingerprint density at radius 3 is 2.39 bits per heavy atom. The molecule has 0 aliphatic carbocycles. The van der Waals surface area contributed by atoms with E-state index in [4.69, 9.17) is 21.4 Å². The van der Waals surface area contributed by atoms with Gasteiger partial charge in [0.15, 0.2) is 0 Å². The summed E-state index contributed by atoms with van der Waals surface area (Å²) in [6.07, 6.45) is 2.50. The van der Waals surface area contributed by atoms with Crippen LogP contribution in [0.15, 0.2) is 66.7 Å². The van der Waals surface area contributed by atoms with Crippen molar-refractivity contribution >= 4 is 35.0 Å². The third-order valence-electron chi connectivity index (χ3n) is 7.90. The molecule has 3 amide bonds. The molecule has 9 nitrogen and oxygen atoms in total. The van der Waals surface area contributed by atoms with Crippen molar-refractivity contribution in [1.82, 2.24) is 19.7 Å². The average molecular weight is 615 g/mol. The van der Waals surface area contributed by atoms with Gasteiger partial charge in [0.1, 0.15) is 11.0 Å². The number of pyridine rings is 1. The molecule has 0 atom stereocenters.